The number of carbonyl (C=O) groups excluding carboxylic acids is 11. The third-order valence-corrected chi connectivity index (χ3v) is 13.2. The summed E-state index contributed by atoms with van der Waals surface area (Å²) in [5.41, 5.74) is 17.2. The molecule has 1 fully saturated rings. The number of aliphatic hydroxyl groups is 5. The number of nitrogens with two attached hydrogens (primary N) is 3. The molecule has 0 spiro atoms. The zero-order chi connectivity index (χ0) is 59.2. The Kier molecular flexibility index (Phi) is 33.7. The van der Waals surface area contributed by atoms with Gasteiger partial charge in [-0.3, -0.25) is 52.7 Å². The SMILES string of the molecule is CCCCCCCC(=O)C[C@@H](CCN)C(=O)N[C@H](C(=O)C[C@H](CO)C(=O)N[C@H]1CCNC(=O)[C@H]([C@@H](C)O)NC(=O)[C@H](CCN)NC(=O)[C@H](CCN)NC(=O)[C@H]([C@@H](C)O)NC(=O)[C@@H](CC(C)C)CC(=O)[C@H](CO)NC1=O)[C@@H](C)O. The lowest BCUT2D eigenvalue weighted by molar-refractivity contribution is -0.138. The number of hydrogen-bond acceptors (Lipinski definition) is 19. The van der Waals surface area contributed by atoms with Crippen molar-refractivity contribution in [3.8, 4) is 0 Å². The van der Waals surface area contributed by atoms with Gasteiger partial charge < -0.3 is 85.3 Å². The minimum Gasteiger partial charge on any atom is -0.396 e. The Morgan fingerprint density at radius 2 is 1.19 bits per heavy atom. The molecule has 27 nitrogen and oxygen atoms in total. The molecule has 1 rings (SSSR count). The van der Waals surface area contributed by atoms with Crippen LogP contribution < -0.4 is 59.7 Å². The molecule has 446 valence electrons. The van der Waals surface area contributed by atoms with Gasteiger partial charge in [0.05, 0.1) is 37.4 Å². The van der Waals surface area contributed by atoms with Crippen molar-refractivity contribution >= 4 is 64.6 Å². The van der Waals surface area contributed by atoms with Gasteiger partial charge in [0.15, 0.2) is 11.6 Å². The molecule has 27 heteroatoms. The molecule has 1 heterocycles. The third-order valence-electron chi connectivity index (χ3n) is 13.2. The zero-order valence-electron chi connectivity index (χ0n) is 46.2. The summed E-state index contributed by atoms with van der Waals surface area (Å²) in [4.78, 5) is 150. The van der Waals surface area contributed by atoms with Crippen LogP contribution in [-0.4, -0.2) is 190 Å². The van der Waals surface area contributed by atoms with E-state index in [9.17, 15) is 78.3 Å². The van der Waals surface area contributed by atoms with E-state index in [1.54, 1.807) is 13.8 Å². The van der Waals surface area contributed by atoms with Crippen LogP contribution in [0.15, 0.2) is 0 Å². The van der Waals surface area contributed by atoms with Crippen molar-refractivity contribution in [3.63, 3.8) is 0 Å². The van der Waals surface area contributed by atoms with E-state index in [1.807, 2.05) is 0 Å². The van der Waals surface area contributed by atoms with Crippen molar-refractivity contribution in [1.82, 2.24) is 42.5 Å². The Morgan fingerprint density at radius 1 is 0.641 bits per heavy atom. The number of aliphatic hydroxyl groups excluding tert-OH is 5. The summed E-state index contributed by atoms with van der Waals surface area (Å²) < 4.78 is 0. The summed E-state index contributed by atoms with van der Waals surface area (Å²) in [7, 11) is 0. The fourth-order valence-corrected chi connectivity index (χ4v) is 8.67. The monoisotopic (exact) mass is 1110 g/mol. The highest BCUT2D eigenvalue weighted by atomic mass is 16.3. The molecule has 13 atom stereocenters. The first-order valence-electron chi connectivity index (χ1n) is 27.1. The molecular formula is C51H91N11O16. The van der Waals surface area contributed by atoms with Crippen molar-refractivity contribution in [1.29, 1.82) is 0 Å². The van der Waals surface area contributed by atoms with E-state index in [4.69, 9.17) is 17.2 Å². The fraction of sp³-hybridized carbons (Fsp3) is 0.784. The molecule has 8 amide bonds. The predicted molar refractivity (Wildman–Crippen MR) is 284 cm³/mol. The normalized spacial score (nSPS) is 24.1. The van der Waals surface area contributed by atoms with E-state index >= 15 is 0 Å². The molecule has 0 aromatic rings. The van der Waals surface area contributed by atoms with Crippen LogP contribution in [0.3, 0.4) is 0 Å². The number of rotatable bonds is 28. The molecule has 0 unspecified atom stereocenters. The molecule has 1 aliphatic heterocycles. The molecule has 0 aromatic carbocycles. The summed E-state index contributed by atoms with van der Waals surface area (Å²) in [5.74, 6) is -14.0. The lowest BCUT2D eigenvalue weighted by atomic mass is 9.89. The van der Waals surface area contributed by atoms with Crippen molar-refractivity contribution in [2.45, 2.75) is 192 Å². The molecular weight excluding hydrogens is 1020 g/mol. The van der Waals surface area contributed by atoms with Crippen LogP contribution in [0.2, 0.25) is 0 Å². The van der Waals surface area contributed by atoms with E-state index < -0.39 is 176 Å². The van der Waals surface area contributed by atoms with Gasteiger partial charge in [0, 0.05) is 44.1 Å². The number of Topliss-reactive ketones (excluding diaryl/α,β-unsaturated/α-hetero) is 3. The number of amides is 8. The van der Waals surface area contributed by atoms with Crippen LogP contribution in [0.1, 0.15) is 131 Å². The average Bonchev–Trinajstić information content (AvgIpc) is 3.37. The minimum atomic E-state index is -1.75. The minimum absolute atomic E-state index is 0.0144. The Bertz CT molecular complexity index is 1970. The van der Waals surface area contributed by atoms with Gasteiger partial charge in [-0.1, -0.05) is 46.5 Å². The van der Waals surface area contributed by atoms with Crippen molar-refractivity contribution in [2.24, 2.45) is 40.9 Å². The lowest BCUT2D eigenvalue weighted by Crippen LogP contribution is -2.61. The number of nitrogens with one attached hydrogen (secondary N) is 8. The van der Waals surface area contributed by atoms with E-state index in [1.165, 1.54) is 13.8 Å². The van der Waals surface area contributed by atoms with Gasteiger partial charge in [-0.05, 0) is 84.8 Å². The molecule has 0 bridgehead atoms. The van der Waals surface area contributed by atoms with Crippen LogP contribution in [0.4, 0.5) is 0 Å². The highest BCUT2D eigenvalue weighted by Gasteiger charge is 2.38. The van der Waals surface area contributed by atoms with Crippen LogP contribution in [0.5, 0.6) is 0 Å². The average molecular weight is 1110 g/mol. The van der Waals surface area contributed by atoms with E-state index in [0.29, 0.717) is 6.42 Å². The molecule has 1 saturated heterocycles. The Balaban J connectivity index is 3.71. The van der Waals surface area contributed by atoms with E-state index in [-0.39, 0.29) is 69.9 Å². The smallest absolute Gasteiger partial charge is 0.245 e. The molecule has 0 saturated carbocycles. The van der Waals surface area contributed by atoms with Gasteiger partial charge >= 0.3 is 0 Å². The first-order valence-corrected chi connectivity index (χ1v) is 27.1. The summed E-state index contributed by atoms with van der Waals surface area (Å²) in [6, 6.07) is -11.5. The number of carbonyl (C=O) groups is 11. The second-order valence-corrected chi connectivity index (χ2v) is 20.6. The van der Waals surface area contributed by atoms with Crippen molar-refractivity contribution in [2.75, 3.05) is 39.4 Å². The second kappa shape index (κ2) is 37.3. The van der Waals surface area contributed by atoms with E-state index in [2.05, 4.69) is 49.5 Å². The molecule has 78 heavy (non-hydrogen) atoms. The van der Waals surface area contributed by atoms with Crippen LogP contribution in [0, 0.1) is 23.7 Å². The van der Waals surface area contributed by atoms with Gasteiger partial charge in [0.1, 0.15) is 48.1 Å². The van der Waals surface area contributed by atoms with Gasteiger partial charge in [-0.15, -0.1) is 0 Å². The highest BCUT2D eigenvalue weighted by molar-refractivity contribution is 5.99. The third kappa shape index (κ3) is 25.1. The van der Waals surface area contributed by atoms with E-state index in [0.717, 1.165) is 32.6 Å². The van der Waals surface area contributed by atoms with Gasteiger partial charge in [0.25, 0.3) is 0 Å². The summed E-state index contributed by atoms with van der Waals surface area (Å²) in [6.07, 6.45) is -2.44. The topological polar surface area (TPSA) is 463 Å². The maximum atomic E-state index is 14.1. The maximum absolute atomic E-state index is 14.1. The van der Waals surface area contributed by atoms with Crippen LogP contribution >= 0.6 is 0 Å². The zero-order valence-corrected chi connectivity index (χ0v) is 46.2. The summed E-state index contributed by atoms with van der Waals surface area (Å²) >= 11 is 0. The molecule has 0 radical (unpaired) electrons. The van der Waals surface area contributed by atoms with Crippen LogP contribution in [-0.2, 0) is 52.7 Å². The molecule has 19 N–H and O–H groups in total. The fourth-order valence-electron chi connectivity index (χ4n) is 8.67. The van der Waals surface area contributed by atoms with Crippen molar-refractivity contribution in [3.05, 3.63) is 0 Å². The molecule has 1 aliphatic rings. The standard InChI is InChI=1S/C51H91N11O16/c1-7-8-9-10-11-12-34(68)22-31(13-17-52)44(71)60-41(28(4)65)40(70)24-33(25-63)46(73)56-37-16-20-55-50(77)42(29(5)66)62-49(76)36(15-19-54)57-47(74)35(14-18-53)58-51(78)43(30(6)67)61-45(72)32(21-27(2)3)23-39(69)38(26-64)59-48(37)75/h27-33,35-38,41-43,63-67H,7-26,52-54H2,1-6H3,(H,55,77)(H,56,73)(H,57,74)(H,58,78)(H,59,75)(H,60,71)(H,61,72)(H,62,76)/t28-,29-,30-,31-,32+,33-,35+,36+,37+,38+,41+,42+,43+/m1/s1. The Morgan fingerprint density at radius 3 is 1.72 bits per heavy atom. The van der Waals surface area contributed by atoms with Crippen molar-refractivity contribution < 1.29 is 78.3 Å². The Hall–Kier alpha value is -5.55. The lowest BCUT2D eigenvalue weighted by Gasteiger charge is -2.28. The maximum Gasteiger partial charge on any atom is 0.245 e. The largest absolute Gasteiger partial charge is 0.396 e. The molecule has 0 aromatic heterocycles. The van der Waals surface area contributed by atoms with Gasteiger partial charge in [-0.2, -0.15) is 0 Å². The Labute approximate surface area is 456 Å². The second-order valence-electron chi connectivity index (χ2n) is 20.6. The van der Waals surface area contributed by atoms with Gasteiger partial charge in [0.2, 0.25) is 47.3 Å². The first kappa shape index (κ1) is 70.5. The summed E-state index contributed by atoms with van der Waals surface area (Å²) in [5, 5.41) is 72.0. The first-order chi connectivity index (χ1) is 36.8. The van der Waals surface area contributed by atoms with Crippen LogP contribution in [0.25, 0.3) is 0 Å². The van der Waals surface area contributed by atoms with Gasteiger partial charge in [-0.25, -0.2) is 0 Å². The predicted octanol–water partition coefficient (Wildman–Crippen LogP) is -4.79. The molecule has 0 aliphatic carbocycles. The summed E-state index contributed by atoms with van der Waals surface area (Å²) in [6.45, 7) is 6.17. The number of ketones is 3. The highest BCUT2D eigenvalue weighted by Crippen LogP contribution is 2.20. The number of unbranched alkanes of at least 4 members (excludes halogenated alkanes) is 4. The quantitative estimate of drug-likeness (QED) is 0.0327. The number of hydrogen-bond donors (Lipinski definition) is 16.